The molecule has 0 saturated carbocycles. The lowest BCUT2D eigenvalue weighted by Gasteiger charge is -2.11. The van der Waals surface area contributed by atoms with Crippen molar-refractivity contribution in [2.24, 2.45) is 0 Å². The van der Waals surface area contributed by atoms with Crippen LogP contribution in [-0.2, 0) is 14.4 Å². The molecule has 10 heteroatoms. The molecule has 0 fully saturated rings. The van der Waals surface area contributed by atoms with E-state index in [4.69, 9.17) is 5.11 Å². The van der Waals surface area contributed by atoms with Crippen LogP contribution in [0.2, 0.25) is 0 Å². The van der Waals surface area contributed by atoms with Crippen LogP contribution in [0, 0.1) is 6.92 Å². The number of aryl methyl sites for hydroxylation is 1. The zero-order valence-electron chi connectivity index (χ0n) is 14.8. The Morgan fingerprint density at radius 2 is 1.85 bits per heavy atom. The highest BCUT2D eigenvalue weighted by molar-refractivity contribution is 8.00. The summed E-state index contributed by atoms with van der Waals surface area (Å²) < 4.78 is 0. The van der Waals surface area contributed by atoms with E-state index in [-0.39, 0.29) is 16.7 Å². The number of aromatic nitrogens is 2. The minimum Gasteiger partial charge on any atom is -0.478 e. The van der Waals surface area contributed by atoms with Gasteiger partial charge in [-0.3, -0.25) is 14.9 Å². The van der Waals surface area contributed by atoms with Crippen molar-refractivity contribution in [2.45, 2.75) is 30.9 Å². The van der Waals surface area contributed by atoms with E-state index in [0.29, 0.717) is 10.8 Å². The maximum atomic E-state index is 12.2. The average molecular weight is 406 g/mol. The van der Waals surface area contributed by atoms with Crippen molar-refractivity contribution in [2.75, 3.05) is 10.6 Å². The van der Waals surface area contributed by atoms with Gasteiger partial charge in [0.2, 0.25) is 16.9 Å². The molecule has 2 aromatic rings. The molecule has 27 heavy (non-hydrogen) atoms. The van der Waals surface area contributed by atoms with E-state index in [2.05, 4.69) is 20.8 Å². The standard InChI is InChI=1S/C17H18N4O4S2/c1-9(16(24)25)8-14(22)18-12-4-6-13(7-5-12)26-10(2)15(23)19-17-21-20-11(3)27-17/h4-8,10H,1-3H3,(H,18,22)(H,24,25)(H,19,21,23). The van der Waals surface area contributed by atoms with Crippen molar-refractivity contribution in [3.05, 3.63) is 40.9 Å². The van der Waals surface area contributed by atoms with Gasteiger partial charge in [-0.1, -0.05) is 11.3 Å². The van der Waals surface area contributed by atoms with Gasteiger partial charge in [-0.15, -0.1) is 22.0 Å². The van der Waals surface area contributed by atoms with E-state index in [1.54, 1.807) is 31.2 Å². The highest BCUT2D eigenvalue weighted by Crippen LogP contribution is 2.26. The fourth-order valence-corrected chi connectivity index (χ4v) is 3.33. The highest BCUT2D eigenvalue weighted by atomic mass is 32.2. The van der Waals surface area contributed by atoms with Gasteiger partial charge in [-0.25, -0.2) is 4.79 Å². The monoisotopic (exact) mass is 406 g/mol. The van der Waals surface area contributed by atoms with Gasteiger partial charge in [0.1, 0.15) is 5.01 Å². The number of amides is 2. The minimum absolute atomic E-state index is 0.0508. The van der Waals surface area contributed by atoms with Gasteiger partial charge in [0.05, 0.1) is 5.25 Å². The SMILES string of the molecule is CC(=CC(=O)Nc1ccc(SC(C)C(=O)Nc2nnc(C)s2)cc1)C(=O)O. The lowest BCUT2D eigenvalue weighted by molar-refractivity contribution is -0.132. The van der Waals surface area contributed by atoms with Crippen LogP contribution in [0.1, 0.15) is 18.9 Å². The number of carbonyl (C=O) groups is 3. The van der Waals surface area contributed by atoms with Crippen LogP contribution in [0.5, 0.6) is 0 Å². The zero-order chi connectivity index (χ0) is 20.0. The average Bonchev–Trinajstić information content (AvgIpc) is 3.01. The molecule has 0 saturated heterocycles. The van der Waals surface area contributed by atoms with Gasteiger partial charge in [0.15, 0.2) is 0 Å². The molecular formula is C17H18N4O4S2. The Labute approximate surface area is 164 Å². The highest BCUT2D eigenvalue weighted by Gasteiger charge is 2.16. The molecule has 1 atom stereocenters. The Kier molecular flexibility index (Phi) is 7.08. The van der Waals surface area contributed by atoms with Gasteiger partial charge in [-0.2, -0.15) is 0 Å². The van der Waals surface area contributed by atoms with Crippen molar-refractivity contribution in [1.82, 2.24) is 10.2 Å². The molecule has 0 spiro atoms. The second-order valence-electron chi connectivity index (χ2n) is 5.52. The van der Waals surface area contributed by atoms with E-state index in [9.17, 15) is 14.4 Å². The molecule has 0 aliphatic heterocycles. The maximum Gasteiger partial charge on any atom is 0.331 e. The number of thioether (sulfide) groups is 1. The first-order valence-corrected chi connectivity index (χ1v) is 9.54. The topological polar surface area (TPSA) is 121 Å². The third-order valence-corrected chi connectivity index (χ3v) is 5.11. The predicted molar refractivity (Wildman–Crippen MR) is 105 cm³/mol. The summed E-state index contributed by atoms with van der Waals surface area (Å²) in [6.45, 7) is 4.94. The zero-order valence-corrected chi connectivity index (χ0v) is 16.5. The molecule has 0 aliphatic carbocycles. The number of carboxylic acid groups (broad SMARTS) is 1. The third-order valence-electron chi connectivity index (χ3n) is 3.25. The number of nitrogens with zero attached hydrogens (tertiary/aromatic N) is 2. The van der Waals surface area contributed by atoms with Crippen LogP contribution in [0.3, 0.4) is 0 Å². The fraction of sp³-hybridized carbons (Fsp3) is 0.235. The Balaban J connectivity index is 1.90. The van der Waals surface area contributed by atoms with Gasteiger partial charge >= 0.3 is 5.97 Å². The summed E-state index contributed by atoms with van der Waals surface area (Å²) in [4.78, 5) is 35.5. The minimum atomic E-state index is -1.15. The van der Waals surface area contributed by atoms with Crippen molar-refractivity contribution >= 4 is 51.7 Å². The number of anilines is 2. The molecule has 0 aliphatic rings. The van der Waals surface area contributed by atoms with Crippen LogP contribution in [0.15, 0.2) is 40.8 Å². The van der Waals surface area contributed by atoms with Crippen LogP contribution < -0.4 is 10.6 Å². The predicted octanol–water partition coefficient (Wildman–Crippen LogP) is 2.94. The quantitative estimate of drug-likeness (QED) is 0.477. The molecule has 142 valence electrons. The van der Waals surface area contributed by atoms with Gasteiger partial charge in [0.25, 0.3) is 0 Å². The van der Waals surface area contributed by atoms with Crippen molar-refractivity contribution < 1.29 is 19.5 Å². The Bertz CT molecular complexity index is 877. The number of rotatable bonds is 7. The third kappa shape index (κ3) is 6.50. The number of benzene rings is 1. The lowest BCUT2D eigenvalue weighted by atomic mass is 10.2. The molecule has 2 rings (SSSR count). The van der Waals surface area contributed by atoms with E-state index < -0.39 is 11.9 Å². The van der Waals surface area contributed by atoms with Crippen LogP contribution in [-0.4, -0.2) is 38.3 Å². The van der Waals surface area contributed by atoms with E-state index in [1.165, 1.54) is 30.0 Å². The molecule has 8 nitrogen and oxygen atoms in total. The molecule has 2 amide bonds. The lowest BCUT2D eigenvalue weighted by Crippen LogP contribution is -2.22. The first kappa shape index (κ1) is 20.6. The molecule has 1 heterocycles. The van der Waals surface area contributed by atoms with Gasteiger partial charge in [0, 0.05) is 22.2 Å². The van der Waals surface area contributed by atoms with Gasteiger partial charge in [-0.05, 0) is 45.0 Å². The number of carbonyl (C=O) groups excluding carboxylic acids is 2. The molecule has 1 aromatic heterocycles. The normalized spacial score (nSPS) is 12.3. The number of hydrogen-bond acceptors (Lipinski definition) is 7. The van der Waals surface area contributed by atoms with Crippen molar-refractivity contribution in [1.29, 1.82) is 0 Å². The van der Waals surface area contributed by atoms with E-state index in [0.717, 1.165) is 16.0 Å². The first-order chi connectivity index (χ1) is 12.7. The summed E-state index contributed by atoms with van der Waals surface area (Å²) in [7, 11) is 0. The molecule has 0 bridgehead atoms. The van der Waals surface area contributed by atoms with Crippen LogP contribution in [0.4, 0.5) is 10.8 Å². The van der Waals surface area contributed by atoms with E-state index >= 15 is 0 Å². The van der Waals surface area contributed by atoms with Crippen molar-refractivity contribution in [3.63, 3.8) is 0 Å². The second-order valence-corrected chi connectivity index (χ2v) is 8.12. The summed E-state index contributed by atoms with van der Waals surface area (Å²) >= 11 is 2.67. The maximum absolute atomic E-state index is 12.2. The summed E-state index contributed by atoms with van der Waals surface area (Å²) in [6, 6.07) is 6.91. The Hall–Kier alpha value is -2.72. The summed E-state index contributed by atoms with van der Waals surface area (Å²) in [6.07, 6.45) is 1.02. The number of hydrogen-bond donors (Lipinski definition) is 3. The number of nitrogens with one attached hydrogen (secondary N) is 2. The van der Waals surface area contributed by atoms with Crippen molar-refractivity contribution in [3.8, 4) is 0 Å². The summed E-state index contributed by atoms with van der Waals surface area (Å²) in [5.41, 5.74) is 0.477. The largest absolute Gasteiger partial charge is 0.478 e. The van der Waals surface area contributed by atoms with Gasteiger partial charge < -0.3 is 10.4 Å². The molecule has 1 aromatic carbocycles. The Morgan fingerprint density at radius 1 is 1.19 bits per heavy atom. The molecule has 1 unspecified atom stereocenters. The smallest absolute Gasteiger partial charge is 0.331 e. The Morgan fingerprint density at radius 3 is 2.41 bits per heavy atom. The second kappa shape index (κ2) is 9.28. The number of aliphatic carboxylic acids is 1. The molecule has 3 N–H and O–H groups in total. The fourth-order valence-electron chi connectivity index (χ4n) is 1.87. The summed E-state index contributed by atoms with van der Waals surface area (Å²) in [5, 5.41) is 22.7. The first-order valence-electron chi connectivity index (χ1n) is 7.85. The van der Waals surface area contributed by atoms with Crippen LogP contribution in [0.25, 0.3) is 0 Å². The molecule has 0 radical (unpaired) electrons. The number of carboxylic acids is 1. The van der Waals surface area contributed by atoms with Crippen LogP contribution >= 0.6 is 23.1 Å². The van der Waals surface area contributed by atoms with E-state index in [1.807, 2.05) is 6.92 Å². The summed E-state index contributed by atoms with van der Waals surface area (Å²) in [5.74, 6) is -1.84. The molecular weight excluding hydrogens is 388 g/mol.